The number of hydrogen-bond donors (Lipinski definition) is 3. The summed E-state index contributed by atoms with van der Waals surface area (Å²) in [7, 11) is 1.43. The third-order valence-electron chi connectivity index (χ3n) is 6.60. The summed E-state index contributed by atoms with van der Waals surface area (Å²) in [5.41, 5.74) is 2.51. The third kappa shape index (κ3) is 3.07. The predicted octanol–water partition coefficient (Wildman–Crippen LogP) is 2.76. The van der Waals surface area contributed by atoms with Crippen LogP contribution in [-0.4, -0.2) is 30.7 Å². The van der Waals surface area contributed by atoms with Gasteiger partial charge in [-0.3, -0.25) is 14.8 Å². The number of methoxy groups -OCH3 is 1. The lowest BCUT2D eigenvalue weighted by molar-refractivity contribution is -0.0503. The minimum Gasteiger partial charge on any atom is -0.496 e. The van der Waals surface area contributed by atoms with Crippen LogP contribution in [0, 0.1) is 23.2 Å². The summed E-state index contributed by atoms with van der Waals surface area (Å²) in [4.78, 5) is 24.3. The van der Waals surface area contributed by atoms with E-state index in [-0.39, 0.29) is 22.6 Å². The van der Waals surface area contributed by atoms with E-state index in [1.807, 2.05) is 0 Å². The molecule has 0 aliphatic heterocycles. The van der Waals surface area contributed by atoms with Gasteiger partial charge in [-0.2, -0.15) is 0 Å². The molecule has 3 N–H and O–H groups in total. The van der Waals surface area contributed by atoms with Gasteiger partial charge >= 0.3 is 0 Å². The fourth-order valence-electron chi connectivity index (χ4n) is 5.96. The zero-order valence-corrected chi connectivity index (χ0v) is 15.1. The van der Waals surface area contributed by atoms with Crippen LogP contribution in [0.2, 0.25) is 0 Å². The van der Waals surface area contributed by atoms with Crippen molar-refractivity contribution in [2.24, 2.45) is 23.2 Å². The number of hydroxylamine groups is 1. The molecule has 0 saturated heterocycles. The zero-order valence-electron chi connectivity index (χ0n) is 15.1. The fraction of sp³-hybridized carbons (Fsp3) is 0.600. The molecule has 0 spiro atoms. The predicted molar refractivity (Wildman–Crippen MR) is 95.2 cm³/mol. The molecule has 0 heterocycles. The molecule has 1 aromatic rings. The zero-order chi connectivity index (χ0) is 18.3. The van der Waals surface area contributed by atoms with Gasteiger partial charge in [-0.25, -0.2) is 5.48 Å². The summed E-state index contributed by atoms with van der Waals surface area (Å²) < 4.78 is 5.19. The highest BCUT2D eigenvalue weighted by molar-refractivity contribution is 5.99. The molecule has 6 heteroatoms. The molecule has 140 valence electrons. The molecular weight excluding hydrogens is 332 g/mol. The molecule has 0 aromatic heterocycles. The molecule has 0 unspecified atom stereocenters. The van der Waals surface area contributed by atoms with Crippen LogP contribution in [0.5, 0.6) is 5.75 Å². The van der Waals surface area contributed by atoms with Gasteiger partial charge < -0.3 is 10.1 Å². The number of amides is 2. The lowest BCUT2D eigenvalue weighted by Gasteiger charge is -2.56. The normalized spacial score (nSPS) is 31.5. The maximum Gasteiger partial charge on any atom is 0.278 e. The van der Waals surface area contributed by atoms with Crippen molar-refractivity contribution in [2.75, 3.05) is 13.7 Å². The van der Waals surface area contributed by atoms with Crippen molar-refractivity contribution in [2.45, 2.75) is 38.5 Å². The number of hydrogen-bond acceptors (Lipinski definition) is 4. The van der Waals surface area contributed by atoms with Gasteiger partial charge in [0.1, 0.15) is 5.75 Å². The Morgan fingerprint density at radius 3 is 2.27 bits per heavy atom. The number of rotatable bonds is 5. The molecule has 0 radical (unpaired) electrons. The number of benzene rings is 1. The highest BCUT2D eigenvalue weighted by Gasteiger charge is 2.50. The number of nitrogens with one attached hydrogen (secondary N) is 2. The van der Waals surface area contributed by atoms with Crippen molar-refractivity contribution in [1.29, 1.82) is 0 Å². The summed E-state index contributed by atoms with van der Waals surface area (Å²) in [6.07, 6.45) is 7.91. The first kappa shape index (κ1) is 17.3. The molecule has 5 rings (SSSR count). The maximum absolute atomic E-state index is 12.6. The molecule has 4 bridgehead atoms. The van der Waals surface area contributed by atoms with Gasteiger partial charge in [-0.15, -0.1) is 0 Å². The van der Waals surface area contributed by atoms with E-state index in [0.29, 0.717) is 5.56 Å². The van der Waals surface area contributed by atoms with Crippen LogP contribution in [-0.2, 0) is 0 Å². The number of carbonyl (C=O) groups excluding carboxylic acids is 2. The number of carbonyl (C=O) groups is 2. The van der Waals surface area contributed by atoms with Crippen molar-refractivity contribution in [3.8, 4) is 5.75 Å². The summed E-state index contributed by atoms with van der Waals surface area (Å²) in [5.74, 6) is 2.02. The van der Waals surface area contributed by atoms with Gasteiger partial charge in [0.25, 0.3) is 11.8 Å². The molecule has 4 saturated carbocycles. The van der Waals surface area contributed by atoms with Crippen LogP contribution >= 0.6 is 0 Å². The van der Waals surface area contributed by atoms with Gasteiger partial charge in [0.05, 0.1) is 12.7 Å². The molecule has 26 heavy (non-hydrogen) atoms. The molecule has 1 aromatic carbocycles. The van der Waals surface area contributed by atoms with Crippen LogP contribution in [0.1, 0.15) is 59.2 Å². The average Bonchev–Trinajstić information content (AvgIpc) is 2.64. The van der Waals surface area contributed by atoms with E-state index >= 15 is 0 Å². The first-order valence-electron chi connectivity index (χ1n) is 9.42. The minimum atomic E-state index is -0.664. The Balaban J connectivity index is 1.45. The lowest BCUT2D eigenvalue weighted by Crippen LogP contribution is -2.51. The Morgan fingerprint density at radius 2 is 1.73 bits per heavy atom. The maximum atomic E-state index is 12.6. The highest BCUT2D eigenvalue weighted by atomic mass is 16.5. The smallest absolute Gasteiger partial charge is 0.278 e. The molecular formula is C20H26N2O4. The van der Waals surface area contributed by atoms with Crippen molar-refractivity contribution in [3.63, 3.8) is 0 Å². The van der Waals surface area contributed by atoms with Gasteiger partial charge in [0.2, 0.25) is 0 Å². The fourth-order valence-corrected chi connectivity index (χ4v) is 5.96. The monoisotopic (exact) mass is 358 g/mol. The van der Waals surface area contributed by atoms with E-state index in [1.54, 1.807) is 17.6 Å². The quantitative estimate of drug-likeness (QED) is 0.558. The van der Waals surface area contributed by atoms with Crippen LogP contribution < -0.4 is 15.5 Å². The topological polar surface area (TPSA) is 87.7 Å². The Bertz CT molecular complexity index is 695. The Hall–Kier alpha value is -2.08. The van der Waals surface area contributed by atoms with E-state index in [1.165, 1.54) is 51.7 Å². The van der Waals surface area contributed by atoms with Gasteiger partial charge in [0, 0.05) is 12.1 Å². The second kappa shape index (κ2) is 6.58. The molecule has 4 aliphatic carbocycles. The summed E-state index contributed by atoms with van der Waals surface area (Å²) >= 11 is 0. The average molecular weight is 358 g/mol. The first-order valence-corrected chi connectivity index (χ1v) is 9.42. The van der Waals surface area contributed by atoms with E-state index in [2.05, 4.69) is 5.32 Å². The van der Waals surface area contributed by atoms with Gasteiger partial charge in [0.15, 0.2) is 0 Å². The van der Waals surface area contributed by atoms with Crippen molar-refractivity contribution >= 4 is 11.8 Å². The van der Waals surface area contributed by atoms with E-state index in [9.17, 15) is 9.59 Å². The van der Waals surface area contributed by atoms with Crippen molar-refractivity contribution in [3.05, 3.63) is 29.3 Å². The summed E-state index contributed by atoms with van der Waals surface area (Å²) in [6, 6.07) is 4.62. The Kier molecular flexibility index (Phi) is 4.39. The summed E-state index contributed by atoms with van der Waals surface area (Å²) in [5, 5.41) is 11.9. The second-order valence-electron chi connectivity index (χ2n) is 8.46. The molecule has 0 atom stereocenters. The standard InChI is InChI=1S/C20H26N2O4/c1-26-17-7-15(2-3-16(17)19(24)22-25)18(23)21-11-20-8-12-4-13(9-20)6-14(5-12)10-20/h2-3,7,12-14,25H,4-6,8-11H2,1H3,(H,21,23)(H,22,24). The largest absolute Gasteiger partial charge is 0.496 e. The van der Waals surface area contributed by atoms with Crippen LogP contribution in [0.3, 0.4) is 0 Å². The van der Waals surface area contributed by atoms with Crippen molar-refractivity contribution in [1.82, 2.24) is 10.8 Å². The second-order valence-corrected chi connectivity index (χ2v) is 8.46. The Labute approximate surface area is 153 Å². The lowest BCUT2D eigenvalue weighted by atomic mass is 9.49. The van der Waals surface area contributed by atoms with E-state index < -0.39 is 5.91 Å². The third-order valence-corrected chi connectivity index (χ3v) is 6.60. The SMILES string of the molecule is COc1cc(C(=O)NCC23CC4CC(CC(C4)C2)C3)ccc1C(=O)NO. The van der Waals surface area contributed by atoms with Gasteiger partial charge in [-0.1, -0.05) is 0 Å². The molecule has 4 fully saturated rings. The number of ether oxygens (including phenoxy) is 1. The van der Waals surface area contributed by atoms with E-state index in [4.69, 9.17) is 9.94 Å². The molecule has 2 amide bonds. The van der Waals surface area contributed by atoms with Crippen molar-refractivity contribution < 1.29 is 19.5 Å². The van der Waals surface area contributed by atoms with E-state index in [0.717, 1.165) is 24.3 Å². The van der Waals surface area contributed by atoms with Crippen LogP contribution in [0.25, 0.3) is 0 Å². The molecule has 6 nitrogen and oxygen atoms in total. The van der Waals surface area contributed by atoms with Gasteiger partial charge in [-0.05, 0) is 79.9 Å². The highest BCUT2D eigenvalue weighted by Crippen LogP contribution is 2.59. The van der Waals surface area contributed by atoms with Crippen LogP contribution in [0.4, 0.5) is 0 Å². The Morgan fingerprint density at radius 1 is 1.12 bits per heavy atom. The minimum absolute atomic E-state index is 0.144. The molecule has 4 aliphatic rings. The summed E-state index contributed by atoms with van der Waals surface area (Å²) in [6.45, 7) is 0.733. The van der Waals surface area contributed by atoms with Crippen LogP contribution in [0.15, 0.2) is 18.2 Å². The first-order chi connectivity index (χ1) is 12.5.